The summed E-state index contributed by atoms with van der Waals surface area (Å²) in [5.74, 6) is -0.0615. The number of phenolic OH excluding ortho intramolecular Hbond substituents is 1. The molecule has 0 saturated carbocycles. The third-order valence-corrected chi connectivity index (χ3v) is 3.60. The van der Waals surface area contributed by atoms with E-state index in [4.69, 9.17) is 0 Å². The molecule has 0 fully saturated rings. The van der Waals surface area contributed by atoms with Crippen molar-refractivity contribution in [2.24, 2.45) is 0 Å². The van der Waals surface area contributed by atoms with Gasteiger partial charge in [-0.25, -0.2) is 4.98 Å². The largest absolute Gasteiger partial charge is 0.506 e. The van der Waals surface area contributed by atoms with Crippen LogP contribution < -0.4 is 5.32 Å². The highest BCUT2D eigenvalue weighted by atomic mass is 16.3. The molecule has 2 heterocycles. The average molecular weight is 295 g/mol. The maximum atomic E-state index is 12.1. The fourth-order valence-electron chi connectivity index (χ4n) is 2.49. The van der Waals surface area contributed by atoms with Gasteiger partial charge in [-0.3, -0.25) is 4.79 Å². The lowest BCUT2D eigenvalue weighted by molar-refractivity contribution is -0.116. The van der Waals surface area contributed by atoms with Crippen LogP contribution in [0.5, 0.6) is 5.75 Å². The Hall–Kier alpha value is -2.82. The second-order valence-corrected chi connectivity index (χ2v) is 5.14. The first kappa shape index (κ1) is 14.1. The minimum atomic E-state index is -0.133. The maximum Gasteiger partial charge on any atom is 0.224 e. The molecule has 2 aromatic heterocycles. The van der Waals surface area contributed by atoms with Crippen LogP contribution in [0.15, 0.2) is 48.7 Å². The van der Waals surface area contributed by atoms with Gasteiger partial charge in [0.25, 0.3) is 0 Å². The van der Waals surface area contributed by atoms with Crippen LogP contribution in [0.1, 0.15) is 17.8 Å². The van der Waals surface area contributed by atoms with Gasteiger partial charge in [0.15, 0.2) is 0 Å². The summed E-state index contributed by atoms with van der Waals surface area (Å²) >= 11 is 0. The first-order valence-corrected chi connectivity index (χ1v) is 7.15. The van der Waals surface area contributed by atoms with Crippen molar-refractivity contribution in [3.8, 4) is 5.75 Å². The number of amides is 1. The molecule has 0 aliphatic rings. The number of carbonyl (C=O) groups excluding carboxylic acids is 1. The lowest BCUT2D eigenvalue weighted by atomic mass is 10.2. The molecule has 1 aromatic carbocycles. The lowest BCUT2D eigenvalue weighted by Gasteiger charge is -2.07. The molecule has 1 amide bonds. The summed E-state index contributed by atoms with van der Waals surface area (Å²) in [6, 6.07) is 12.5. The second-order valence-electron chi connectivity index (χ2n) is 5.14. The zero-order chi connectivity index (χ0) is 15.5. The van der Waals surface area contributed by atoms with Gasteiger partial charge in [-0.05, 0) is 37.6 Å². The van der Waals surface area contributed by atoms with Crippen molar-refractivity contribution >= 4 is 17.2 Å². The molecule has 5 nitrogen and oxygen atoms in total. The Morgan fingerprint density at radius 2 is 2.00 bits per heavy atom. The highest BCUT2D eigenvalue weighted by molar-refractivity contribution is 5.92. The predicted octanol–water partition coefficient (Wildman–Crippen LogP) is 2.92. The Morgan fingerprint density at radius 3 is 2.82 bits per heavy atom. The minimum absolute atomic E-state index is 0.0711. The van der Waals surface area contributed by atoms with E-state index >= 15 is 0 Å². The molecule has 0 spiro atoms. The van der Waals surface area contributed by atoms with Gasteiger partial charge in [-0.15, -0.1) is 0 Å². The highest BCUT2D eigenvalue weighted by Gasteiger charge is 2.11. The minimum Gasteiger partial charge on any atom is -0.506 e. The number of carbonyl (C=O) groups is 1. The number of imidazole rings is 1. The van der Waals surface area contributed by atoms with Gasteiger partial charge in [0, 0.05) is 18.3 Å². The van der Waals surface area contributed by atoms with Gasteiger partial charge >= 0.3 is 0 Å². The van der Waals surface area contributed by atoms with E-state index in [0.717, 1.165) is 17.0 Å². The summed E-state index contributed by atoms with van der Waals surface area (Å²) < 4.78 is 2.00. The Morgan fingerprint density at radius 1 is 1.23 bits per heavy atom. The Kier molecular flexibility index (Phi) is 3.78. The molecule has 0 atom stereocenters. The van der Waals surface area contributed by atoms with Crippen molar-refractivity contribution < 1.29 is 9.90 Å². The number of pyridine rings is 1. The number of para-hydroxylation sites is 2. The molecule has 0 saturated heterocycles. The number of nitrogens with zero attached hydrogens (tertiary/aromatic N) is 2. The van der Waals surface area contributed by atoms with E-state index in [-0.39, 0.29) is 11.7 Å². The van der Waals surface area contributed by atoms with Gasteiger partial charge in [0.1, 0.15) is 11.4 Å². The van der Waals surface area contributed by atoms with Crippen LogP contribution in [0.4, 0.5) is 5.69 Å². The van der Waals surface area contributed by atoms with E-state index in [1.807, 2.05) is 35.7 Å². The van der Waals surface area contributed by atoms with Crippen LogP contribution in [0.2, 0.25) is 0 Å². The third kappa shape index (κ3) is 2.79. The molecule has 0 bridgehead atoms. The summed E-state index contributed by atoms with van der Waals surface area (Å²) in [7, 11) is 0. The fraction of sp³-hybridized carbons (Fsp3) is 0.176. The van der Waals surface area contributed by atoms with Crippen molar-refractivity contribution in [2.75, 3.05) is 5.32 Å². The third-order valence-electron chi connectivity index (χ3n) is 3.60. The summed E-state index contributed by atoms with van der Waals surface area (Å²) in [4.78, 5) is 16.5. The normalized spacial score (nSPS) is 10.8. The first-order chi connectivity index (χ1) is 10.6. The van der Waals surface area contributed by atoms with Crippen molar-refractivity contribution in [2.45, 2.75) is 19.8 Å². The van der Waals surface area contributed by atoms with Gasteiger partial charge in [-0.1, -0.05) is 18.2 Å². The number of fused-ring (bicyclic) bond motifs is 1. The lowest BCUT2D eigenvalue weighted by Crippen LogP contribution is -2.13. The quantitative estimate of drug-likeness (QED) is 0.727. The summed E-state index contributed by atoms with van der Waals surface area (Å²) in [5, 5.41) is 12.4. The molecule has 22 heavy (non-hydrogen) atoms. The average Bonchev–Trinajstić information content (AvgIpc) is 2.83. The van der Waals surface area contributed by atoms with Crippen molar-refractivity contribution in [3.05, 3.63) is 60.0 Å². The Balaban J connectivity index is 1.70. The zero-order valence-electron chi connectivity index (χ0n) is 12.3. The molecule has 3 rings (SSSR count). The van der Waals surface area contributed by atoms with E-state index in [1.54, 1.807) is 24.3 Å². The molecule has 2 N–H and O–H groups in total. The van der Waals surface area contributed by atoms with E-state index in [2.05, 4.69) is 10.3 Å². The van der Waals surface area contributed by atoms with Crippen molar-refractivity contribution in [1.29, 1.82) is 0 Å². The van der Waals surface area contributed by atoms with E-state index < -0.39 is 0 Å². The van der Waals surface area contributed by atoms with Crippen LogP contribution >= 0.6 is 0 Å². The van der Waals surface area contributed by atoms with Crippen LogP contribution in [0.3, 0.4) is 0 Å². The number of phenols is 1. The van der Waals surface area contributed by atoms with E-state index in [0.29, 0.717) is 18.5 Å². The van der Waals surface area contributed by atoms with Crippen LogP contribution in [-0.4, -0.2) is 20.4 Å². The molecule has 5 heteroatoms. The molecular weight excluding hydrogens is 278 g/mol. The molecule has 0 radical (unpaired) electrons. The SMILES string of the molecule is Cc1nc2ccccn2c1CCC(=O)Nc1ccccc1O. The maximum absolute atomic E-state index is 12.1. The van der Waals surface area contributed by atoms with Gasteiger partial charge in [0.05, 0.1) is 11.4 Å². The topological polar surface area (TPSA) is 66.6 Å². The standard InChI is InChI=1S/C17H17N3O2/c1-12-14(20-11-5-4-8-16(20)18-12)9-10-17(22)19-13-6-2-3-7-15(13)21/h2-8,11,21H,9-10H2,1H3,(H,19,22). The number of benzene rings is 1. The summed E-state index contributed by atoms with van der Waals surface area (Å²) in [6.45, 7) is 1.95. The van der Waals surface area contributed by atoms with Crippen LogP contribution in [0.25, 0.3) is 5.65 Å². The second kappa shape index (κ2) is 5.89. The number of aryl methyl sites for hydroxylation is 2. The molecule has 0 unspecified atom stereocenters. The van der Waals surface area contributed by atoms with Gasteiger partial charge in [0.2, 0.25) is 5.91 Å². The Bertz CT molecular complexity index is 824. The number of aromatic hydroxyl groups is 1. The first-order valence-electron chi connectivity index (χ1n) is 7.15. The number of anilines is 1. The number of aromatic nitrogens is 2. The monoisotopic (exact) mass is 295 g/mol. The predicted molar refractivity (Wildman–Crippen MR) is 85.0 cm³/mol. The van der Waals surface area contributed by atoms with Crippen molar-refractivity contribution in [1.82, 2.24) is 9.38 Å². The van der Waals surface area contributed by atoms with Gasteiger partial charge in [-0.2, -0.15) is 0 Å². The van der Waals surface area contributed by atoms with E-state index in [1.165, 1.54) is 0 Å². The molecular formula is C17H17N3O2. The smallest absolute Gasteiger partial charge is 0.224 e. The number of hydrogen-bond acceptors (Lipinski definition) is 3. The summed E-state index contributed by atoms with van der Waals surface area (Å²) in [5.41, 5.74) is 3.28. The molecule has 0 aliphatic heterocycles. The highest BCUT2D eigenvalue weighted by Crippen LogP contribution is 2.22. The summed E-state index contributed by atoms with van der Waals surface area (Å²) in [6.07, 6.45) is 2.87. The molecule has 112 valence electrons. The number of nitrogens with one attached hydrogen (secondary N) is 1. The number of hydrogen-bond donors (Lipinski definition) is 2. The number of rotatable bonds is 4. The van der Waals surface area contributed by atoms with Crippen molar-refractivity contribution in [3.63, 3.8) is 0 Å². The molecule has 0 aliphatic carbocycles. The fourth-order valence-corrected chi connectivity index (χ4v) is 2.49. The van der Waals surface area contributed by atoms with Crippen LogP contribution in [0, 0.1) is 6.92 Å². The van der Waals surface area contributed by atoms with Gasteiger partial charge < -0.3 is 14.8 Å². The van der Waals surface area contributed by atoms with E-state index in [9.17, 15) is 9.90 Å². The van der Waals surface area contributed by atoms with Crippen LogP contribution in [-0.2, 0) is 11.2 Å². The Labute approximate surface area is 128 Å². The molecule has 3 aromatic rings. The zero-order valence-corrected chi connectivity index (χ0v) is 12.3.